The summed E-state index contributed by atoms with van der Waals surface area (Å²) in [6.07, 6.45) is 1.51. The monoisotopic (exact) mass is 630 g/mol. The number of aromatic nitrogens is 1. The van der Waals surface area contributed by atoms with Crippen LogP contribution in [0.15, 0.2) is 95.4 Å². The van der Waals surface area contributed by atoms with E-state index in [0.29, 0.717) is 45.9 Å². The number of nitrogens with zero attached hydrogens (tertiary/aromatic N) is 2. The SMILES string of the molecule is CCOc1cc(/C=N\NC(=O)c2ccc(-c3csc(Nc4ccc(Cl)cc4)n3)cc2)cc(Cl)c1OCc1cccc(C)c1. The Bertz CT molecular complexity index is 1740. The fraction of sp³-hybridized carbons (Fsp3) is 0.121. The number of hydrogen-bond acceptors (Lipinski definition) is 7. The van der Waals surface area contributed by atoms with Crippen LogP contribution in [0.25, 0.3) is 11.3 Å². The van der Waals surface area contributed by atoms with Crippen molar-refractivity contribution < 1.29 is 14.3 Å². The van der Waals surface area contributed by atoms with E-state index >= 15 is 0 Å². The number of ether oxygens (including phenoxy) is 2. The molecule has 0 aliphatic heterocycles. The van der Waals surface area contributed by atoms with Crippen LogP contribution in [0, 0.1) is 6.92 Å². The summed E-state index contributed by atoms with van der Waals surface area (Å²) in [6.45, 7) is 4.71. The Hall–Kier alpha value is -4.37. The first-order valence-electron chi connectivity index (χ1n) is 13.4. The van der Waals surface area contributed by atoms with Gasteiger partial charge in [0.15, 0.2) is 16.6 Å². The molecule has 0 radical (unpaired) electrons. The number of thiazole rings is 1. The molecule has 43 heavy (non-hydrogen) atoms. The molecule has 1 amide bonds. The van der Waals surface area contributed by atoms with Gasteiger partial charge in [0.1, 0.15) is 6.61 Å². The molecule has 2 N–H and O–H groups in total. The first kappa shape index (κ1) is 30.1. The maximum absolute atomic E-state index is 12.7. The van der Waals surface area contributed by atoms with E-state index in [2.05, 4.69) is 26.9 Å². The Kier molecular flexibility index (Phi) is 9.94. The Morgan fingerprint density at radius 3 is 2.53 bits per heavy atom. The van der Waals surface area contributed by atoms with Crippen molar-refractivity contribution in [2.24, 2.45) is 5.10 Å². The van der Waals surface area contributed by atoms with Crippen molar-refractivity contribution in [1.82, 2.24) is 10.4 Å². The smallest absolute Gasteiger partial charge is 0.271 e. The van der Waals surface area contributed by atoms with Crippen LogP contribution < -0.4 is 20.2 Å². The second-order valence-corrected chi connectivity index (χ2v) is 11.2. The number of anilines is 2. The number of benzene rings is 4. The van der Waals surface area contributed by atoms with Crippen LogP contribution in [0.4, 0.5) is 10.8 Å². The standard InChI is InChI=1S/C33H28Cl2N4O3S/c1-3-41-30-17-23(16-28(35)31(30)42-19-22-6-4-5-21(2)15-22)18-36-39-32(40)25-9-7-24(8-10-25)29-20-43-33(38-29)37-27-13-11-26(34)12-14-27/h4-18,20H,3,19H2,1-2H3,(H,37,38)(H,39,40)/b36-18-. The fourth-order valence-corrected chi connectivity index (χ4v) is 5.31. The zero-order valence-corrected chi connectivity index (χ0v) is 25.8. The molecule has 0 saturated heterocycles. The first-order chi connectivity index (χ1) is 20.9. The Morgan fingerprint density at radius 1 is 1.00 bits per heavy atom. The van der Waals surface area contributed by atoms with Crippen molar-refractivity contribution in [3.63, 3.8) is 0 Å². The van der Waals surface area contributed by atoms with Crippen molar-refractivity contribution >= 4 is 57.5 Å². The van der Waals surface area contributed by atoms with E-state index in [9.17, 15) is 4.79 Å². The van der Waals surface area contributed by atoms with E-state index in [4.69, 9.17) is 32.7 Å². The van der Waals surface area contributed by atoms with Gasteiger partial charge >= 0.3 is 0 Å². The number of carbonyl (C=O) groups is 1. The van der Waals surface area contributed by atoms with E-state index in [0.717, 1.165) is 33.2 Å². The number of nitrogens with one attached hydrogen (secondary N) is 2. The zero-order chi connectivity index (χ0) is 30.2. The zero-order valence-electron chi connectivity index (χ0n) is 23.4. The lowest BCUT2D eigenvalue weighted by Gasteiger charge is -2.14. The van der Waals surface area contributed by atoms with Crippen LogP contribution in [-0.4, -0.2) is 23.7 Å². The van der Waals surface area contributed by atoms with Gasteiger partial charge in [-0.2, -0.15) is 5.10 Å². The highest BCUT2D eigenvalue weighted by atomic mass is 35.5. The van der Waals surface area contributed by atoms with Gasteiger partial charge < -0.3 is 14.8 Å². The van der Waals surface area contributed by atoms with Crippen LogP contribution in [0.1, 0.15) is 34.0 Å². The molecule has 1 aromatic heterocycles. The summed E-state index contributed by atoms with van der Waals surface area (Å²) in [5.41, 5.74) is 8.45. The highest BCUT2D eigenvalue weighted by molar-refractivity contribution is 7.14. The number of aryl methyl sites for hydroxylation is 1. The summed E-state index contributed by atoms with van der Waals surface area (Å²) in [5.74, 6) is 0.610. The number of carbonyl (C=O) groups excluding carboxylic acids is 1. The second kappa shape index (κ2) is 14.2. The van der Waals surface area contributed by atoms with Gasteiger partial charge in [-0.1, -0.05) is 65.2 Å². The molecule has 0 saturated carbocycles. The Labute approximate surface area is 264 Å². The Balaban J connectivity index is 1.20. The van der Waals surface area contributed by atoms with Gasteiger partial charge in [-0.25, -0.2) is 10.4 Å². The van der Waals surface area contributed by atoms with Gasteiger partial charge in [0.25, 0.3) is 5.91 Å². The van der Waals surface area contributed by atoms with Crippen molar-refractivity contribution in [3.05, 3.63) is 123 Å². The molecule has 0 aliphatic carbocycles. The minimum atomic E-state index is -0.347. The highest BCUT2D eigenvalue weighted by Gasteiger charge is 2.13. The number of hydrogen-bond donors (Lipinski definition) is 2. The van der Waals surface area contributed by atoms with E-state index in [-0.39, 0.29) is 5.91 Å². The molecule has 0 bridgehead atoms. The first-order valence-corrected chi connectivity index (χ1v) is 15.1. The van der Waals surface area contributed by atoms with Gasteiger partial charge in [0.05, 0.1) is 23.5 Å². The average molecular weight is 632 g/mol. The largest absolute Gasteiger partial charge is 0.490 e. The third-order valence-corrected chi connectivity index (χ3v) is 7.51. The lowest BCUT2D eigenvalue weighted by molar-refractivity contribution is 0.0955. The fourth-order valence-electron chi connectivity index (χ4n) is 4.17. The molecule has 4 aromatic carbocycles. The van der Waals surface area contributed by atoms with E-state index in [1.807, 2.05) is 73.8 Å². The summed E-state index contributed by atoms with van der Waals surface area (Å²) in [5, 5.41) is 11.2. The van der Waals surface area contributed by atoms with Gasteiger partial charge in [-0.15, -0.1) is 11.3 Å². The lowest BCUT2D eigenvalue weighted by atomic mass is 10.1. The van der Waals surface area contributed by atoms with Crippen molar-refractivity contribution in [2.75, 3.05) is 11.9 Å². The molecule has 0 aliphatic rings. The highest BCUT2D eigenvalue weighted by Crippen LogP contribution is 2.37. The molecule has 0 atom stereocenters. The maximum Gasteiger partial charge on any atom is 0.271 e. The van der Waals surface area contributed by atoms with Gasteiger partial charge in [0, 0.05) is 27.2 Å². The van der Waals surface area contributed by atoms with Crippen molar-refractivity contribution in [2.45, 2.75) is 20.5 Å². The molecule has 5 aromatic rings. The molecule has 5 rings (SSSR count). The van der Waals surface area contributed by atoms with Gasteiger partial charge in [-0.3, -0.25) is 4.79 Å². The quantitative estimate of drug-likeness (QED) is 0.112. The summed E-state index contributed by atoms with van der Waals surface area (Å²) in [7, 11) is 0. The second-order valence-electron chi connectivity index (χ2n) is 9.49. The van der Waals surface area contributed by atoms with Crippen LogP contribution in [0.3, 0.4) is 0 Å². The molecular formula is C33H28Cl2N4O3S. The summed E-state index contributed by atoms with van der Waals surface area (Å²) < 4.78 is 11.8. The minimum Gasteiger partial charge on any atom is -0.490 e. The third-order valence-electron chi connectivity index (χ3n) is 6.22. The molecule has 0 spiro atoms. The molecule has 1 heterocycles. The molecule has 10 heteroatoms. The van der Waals surface area contributed by atoms with Gasteiger partial charge in [-0.05, 0) is 73.5 Å². The summed E-state index contributed by atoms with van der Waals surface area (Å²) >= 11 is 14.0. The van der Waals surface area contributed by atoms with Crippen LogP contribution >= 0.6 is 34.5 Å². The van der Waals surface area contributed by atoms with Crippen LogP contribution in [0.2, 0.25) is 10.0 Å². The molecular weight excluding hydrogens is 603 g/mol. The van der Waals surface area contributed by atoms with E-state index < -0.39 is 0 Å². The average Bonchev–Trinajstić information content (AvgIpc) is 3.47. The predicted molar refractivity (Wildman–Crippen MR) is 175 cm³/mol. The molecule has 0 fully saturated rings. The molecule has 0 unspecified atom stereocenters. The lowest BCUT2D eigenvalue weighted by Crippen LogP contribution is -2.17. The van der Waals surface area contributed by atoms with Crippen LogP contribution in [0.5, 0.6) is 11.5 Å². The van der Waals surface area contributed by atoms with Gasteiger partial charge in [0.2, 0.25) is 0 Å². The number of rotatable bonds is 11. The number of amides is 1. The van der Waals surface area contributed by atoms with Crippen molar-refractivity contribution in [3.8, 4) is 22.8 Å². The van der Waals surface area contributed by atoms with Crippen molar-refractivity contribution in [1.29, 1.82) is 0 Å². The van der Waals surface area contributed by atoms with E-state index in [1.54, 1.807) is 24.3 Å². The maximum atomic E-state index is 12.7. The number of halogens is 2. The van der Waals surface area contributed by atoms with E-state index in [1.165, 1.54) is 17.6 Å². The third kappa shape index (κ3) is 8.14. The molecule has 218 valence electrons. The minimum absolute atomic E-state index is 0.347. The number of hydrazone groups is 1. The summed E-state index contributed by atoms with van der Waals surface area (Å²) in [4.78, 5) is 17.4. The topological polar surface area (TPSA) is 84.8 Å². The molecule has 7 nitrogen and oxygen atoms in total. The predicted octanol–water partition coefficient (Wildman–Crippen LogP) is 8.91. The summed E-state index contributed by atoms with van der Waals surface area (Å²) in [6, 6.07) is 26.1. The Morgan fingerprint density at radius 2 is 1.79 bits per heavy atom. The van der Waals surface area contributed by atoms with Crippen LogP contribution in [-0.2, 0) is 6.61 Å². The normalized spacial score (nSPS) is 11.0.